The maximum atomic E-state index is 12.8. The molecule has 1 aromatic carbocycles. The van der Waals surface area contributed by atoms with Crippen LogP contribution in [0.2, 0.25) is 0 Å². The van der Waals surface area contributed by atoms with E-state index in [9.17, 15) is 22.8 Å². The molecule has 0 unspecified atom stereocenters. The molecule has 3 rings (SSSR count). The van der Waals surface area contributed by atoms with Crippen molar-refractivity contribution < 1.29 is 22.7 Å². The highest BCUT2D eigenvalue weighted by Crippen LogP contribution is 2.26. The van der Waals surface area contributed by atoms with Gasteiger partial charge >= 0.3 is 12.2 Å². The van der Waals surface area contributed by atoms with Gasteiger partial charge in [0, 0.05) is 24.3 Å². The molecular formula is C19H15F3N4O3. The van der Waals surface area contributed by atoms with E-state index < -0.39 is 29.8 Å². The summed E-state index contributed by atoms with van der Waals surface area (Å²) in [6.07, 6.45) is -0.606. The van der Waals surface area contributed by atoms with E-state index in [0.717, 1.165) is 12.3 Å². The lowest BCUT2D eigenvalue weighted by molar-refractivity contribution is -0.139. The first-order chi connectivity index (χ1) is 13.7. The van der Waals surface area contributed by atoms with Gasteiger partial charge in [-0.25, -0.2) is 9.97 Å². The number of carbonyl (C=O) groups excluding carboxylic acids is 1. The van der Waals surface area contributed by atoms with Crippen molar-refractivity contribution >= 4 is 11.6 Å². The first-order valence-corrected chi connectivity index (χ1v) is 8.36. The molecular weight excluding hydrogens is 389 g/mol. The Morgan fingerprint density at radius 3 is 2.55 bits per heavy atom. The predicted molar refractivity (Wildman–Crippen MR) is 97.6 cm³/mol. The molecule has 10 heteroatoms. The van der Waals surface area contributed by atoms with E-state index in [2.05, 4.69) is 15.3 Å². The Balaban J connectivity index is 1.71. The maximum absolute atomic E-state index is 12.8. The smallest absolute Gasteiger partial charge is 0.421 e. The van der Waals surface area contributed by atoms with Gasteiger partial charge in [0.25, 0.3) is 5.56 Å². The summed E-state index contributed by atoms with van der Waals surface area (Å²) >= 11 is 0. The predicted octanol–water partition coefficient (Wildman–Crippen LogP) is 3.40. The number of alkyl halides is 3. The minimum absolute atomic E-state index is 0.160. The number of anilines is 1. The quantitative estimate of drug-likeness (QED) is 0.705. The highest BCUT2D eigenvalue weighted by atomic mass is 19.4. The minimum Gasteiger partial charge on any atom is -0.424 e. The third-order valence-corrected chi connectivity index (χ3v) is 3.86. The van der Waals surface area contributed by atoms with Gasteiger partial charge in [-0.1, -0.05) is 0 Å². The van der Waals surface area contributed by atoms with Crippen molar-refractivity contribution in [2.24, 2.45) is 0 Å². The van der Waals surface area contributed by atoms with Gasteiger partial charge in [-0.2, -0.15) is 13.2 Å². The summed E-state index contributed by atoms with van der Waals surface area (Å²) < 4.78 is 44.7. The Morgan fingerprint density at radius 2 is 1.90 bits per heavy atom. The van der Waals surface area contributed by atoms with Crippen LogP contribution in [0.3, 0.4) is 0 Å². The maximum Gasteiger partial charge on any atom is 0.421 e. The number of carbonyl (C=O) groups is 1. The Bertz CT molecular complexity index is 1080. The molecule has 1 N–H and O–H groups in total. The number of nitrogens with zero attached hydrogens (tertiary/aromatic N) is 3. The second kappa shape index (κ2) is 8.13. The number of ether oxygens (including phenoxy) is 1. The van der Waals surface area contributed by atoms with Crippen molar-refractivity contribution in [3.05, 3.63) is 76.5 Å². The van der Waals surface area contributed by atoms with Gasteiger partial charge in [0.2, 0.25) is 5.91 Å². The van der Waals surface area contributed by atoms with E-state index in [1.54, 1.807) is 31.2 Å². The molecule has 29 heavy (non-hydrogen) atoms. The first kappa shape index (κ1) is 20.1. The van der Waals surface area contributed by atoms with Gasteiger partial charge in [-0.15, -0.1) is 0 Å². The zero-order valence-corrected chi connectivity index (χ0v) is 15.1. The van der Waals surface area contributed by atoms with Crippen molar-refractivity contribution in [1.82, 2.24) is 14.5 Å². The molecule has 0 radical (unpaired) electrons. The van der Waals surface area contributed by atoms with Crippen LogP contribution in [0.1, 0.15) is 11.1 Å². The third kappa shape index (κ3) is 4.98. The lowest BCUT2D eigenvalue weighted by Crippen LogP contribution is -2.32. The number of nitrogens with one attached hydrogen (secondary N) is 1. The number of benzene rings is 1. The van der Waals surface area contributed by atoms with Gasteiger partial charge in [0.1, 0.15) is 17.9 Å². The SMILES string of the molecule is Cc1cc(Oc2ncccn2)ccc1NC(=O)Cn1cccc(C(F)(F)F)c1=O. The normalized spacial score (nSPS) is 11.2. The molecule has 0 spiro atoms. The van der Waals surface area contributed by atoms with E-state index in [1.165, 1.54) is 12.4 Å². The van der Waals surface area contributed by atoms with Crippen molar-refractivity contribution in [3.8, 4) is 11.8 Å². The van der Waals surface area contributed by atoms with E-state index >= 15 is 0 Å². The average molecular weight is 404 g/mol. The molecule has 0 saturated carbocycles. The summed E-state index contributed by atoms with van der Waals surface area (Å²) in [5, 5.41) is 2.57. The van der Waals surface area contributed by atoms with Crippen LogP contribution in [0.15, 0.2) is 59.8 Å². The molecule has 0 fully saturated rings. The number of hydrogen-bond acceptors (Lipinski definition) is 5. The molecule has 0 saturated heterocycles. The van der Waals surface area contributed by atoms with Crippen LogP contribution in [-0.4, -0.2) is 20.4 Å². The van der Waals surface area contributed by atoms with Crippen molar-refractivity contribution in [2.75, 3.05) is 5.32 Å². The Hall–Kier alpha value is -3.69. The Labute approximate surface area is 162 Å². The van der Waals surface area contributed by atoms with E-state index in [4.69, 9.17) is 4.74 Å². The molecule has 0 aliphatic heterocycles. The number of amides is 1. The lowest BCUT2D eigenvalue weighted by Gasteiger charge is -2.12. The molecule has 0 aliphatic carbocycles. The van der Waals surface area contributed by atoms with Crippen molar-refractivity contribution in [1.29, 1.82) is 0 Å². The number of rotatable bonds is 5. The molecule has 2 heterocycles. The fourth-order valence-corrected chi connectivity index (χ4v) is 2.50. The van der Waals surface area contributed by atoms with Crippen molar-refractivity contribution in [2.45, 2.75) is 19.6 Å². The van der Waals surface area contributed by atoms with Gasteiger partial charge < -0.3 is 14.6 Å². The zero-order valence-electron chi connectivity index (χ0n) is 15.1. The molecule has 3 aromatic rings. The molecule has 1 amide bonds. The number of aromatic nitrogens is 3. The summed E-state index contributed by atoms with van der Waals surface area (Å²) in [6, 6.07) is 8.34. The van der Waals surface area contributed by atoms with Gasteiger partial charge in [0.15, 0.2) is 0 Å². The van der Waals surface area contributed by atoms with Crippen LogP contribution < -0.4 is 15.6 Å². The number of pyridine rings is 1. The molecule has 2 aromatic heterocycles. The third-order valence-electron chi connectivity index (χ3n) is 3.86. The minimum atomic E-state index is -4.79. The Morgan fingerprint density at radius 1 is 1.17 bits per heavy atom. The van der Waals surface area contributed by atoms with E-state index in [-0.39, 0.29) is 6.01 Å². The topological polar surface area (TPSA) is 86.1 Å². The standard InChI is InChI=1S/C19H15F3N4O3/c1-12-10-13(29-18-23-7-3-8-24-18)5-6-15(12)25-16(27)11-26-9-2-4-14(17(26)28)19(20,21)22/h2-10H,11H2,1H3,(H,25,27). The highest BCUT2D eigenvalue weighted by molar-refractivity contribution is 5.91. The van der Waals surface area contributed by atoms with Crippen LogP contribution in [0.25, 0.3) is 0 Å². The van der Waals surface area contributed by atoms with Gasteiger partial charge in [-0.3, -0.25) is 9.59 Å². The number of hydrogen-bond donors (Lipinski definition) is 1. The molecule has 0 aliphatic rings. The highest BCUT2D eigenvalue weighted by Gasteiger charge is 2.34. The molecule has 0 bridgehead atoms. The second-order valence-electron chi connectivity index (χ2n) is 6.01. The summed E-state index contributed by atoms with van der Waals surface area (Å²) in [5.74, 6) is -0.199. The monoisotopic (exact) mass is 404 g/mol. The van der Waals surface area contributed by atoms with Crippen molar-refractivity contribution in [3.63, 3.8) is 0 Å². The first-order valence-electron chi connectivity index (χ1n) is 8.36. The average Bonchev–Trinajstić information content (AvgIpc) is 2.65. The van der Waals surface area contributed by atoms with Crippen LogP contribution >= 0.6 is 0 Å². The zero-order chi connectivity index (χ0) is 21.0. The van der Waals surface area contributed by atoms with Crippen LogP contribution in [0.5, 0.6) is 11.8 Å². The molecule has 150 valence electrons. The summed E-state index contributed by atoms with van der Waals surface area (Å²) in [7, 11) is 0. The van der Waals surface area contributed by atoms with Crippen LogP contribution in [0.4, 0.5) is 18.9 Å². The lowest BCUT2D eigenvalue weighted by atomic mass is 10.2. The summed E-state index contributed by atoms with van der Waals surface area (Å²) in [5.41, 5.74) is -1.54. The second-order valence-corrected chi connectivity index (χ2v) is 6.01. The largest absolute Gasteiger partial charge is 0.424 e. The van der Waals surface area contributed by atoms with E-state index in [0.29, 0.717) is 27.6 Å². The summed E-state index contributed by atoms with van der Waals surface area (Å²) in [4.78, 5) is 32.0. The van der Waals surface area contributed by atoms with Crippen LogP contribution in [-0.2, 0) is 17.5 Å². The van der Waals surface area contributed by atoms with E-state index in [1.807, 2.05) is 0 Å². The fraction of sp³-hybridized carbons (Fsp3) is 0.158. The Kier molecular flexibility index (Phi) is 5.62. The number of halogens is 3. The van der Waals surface area contributed by atoms with Crippen LogP contribution in [0, 0.1) is 6.92 Å². The van der Waals surface area contributed by atoms with Gasteiger partial charge in [-0.05, 0) is 48.9 Å². The van der Waals surface area contributed by atoms with Gasteiger partial charge in [0.05, 0.1) is 0 Å². The summed E-state index contributed by atoms with van der Waals surface area (Å²) in [6.45, 7) is 1.16. The molecule has 0 atom stereocenters. The number of aryl methyl sites for hydroxylation is 1. The fourth-order valence-electron chi connectivity index (χ4n) is 2.50. The molecule has 7 nitrogen and oxygen atoms in total.